The average molecular weight is 199 g/mol. The van der Waals surface area contributed by atoms with Crippen molar-refractivity contribution in [2.45, 2.75) is 43.4 Å². The monoisotopic (exact) mass is 198 g/mol. The molecular weight excluding hydrogens is 183 g/mol. The second-order valence-electron chi connectivity index (χ2n) is 2.79. The summed E-state index contributed by atoms with van der Waals surface area (Å²) in [6.45, 7) is 2.20. The molecule has 3 heteroatoms. The van der Waals surface area contributed by atoms with Gasteiger partial charge in [0, 0.05) is 13.0 Å². The highest BCUT2D eigenvalue weighted by Crippen LogP contribution is 2.30. The molecule has 0 amide bonds. The number of halogens is 2. The molecule has 0 saturated carbocycles. The quantitative estimate of drug-likeness (QED) is 0.514. The first-order valence-corrected chi connectivity index (χ1v) is 4.86. The molecule has 68 valence electrons. The lowest BCUT2D eigenvalue weighted by Gasteiger charge is -2.17. The summed E-state index contributed by atoms with van der Waals surface area (Å²) < 4.78 is -0.704. The van der Waals surface area contributed by atoms with Gasteiger partial charge in [0.25, 0.3) is 0 Å². The topological polar surface area (TPSA) is 20.2 Å². The van der Waals surface area contributed by atoms with Gasteiger partial charge in [-0.05, 0) is 6.42 Å². The van der Waals surface area contributed by atoms with Gasteiger partial charge in [-0.15, -0.1) is 23.2 Å². The van der Waals surface area contributed by atoms with Gasteiger partial charge in [0.1, 0.15) is 4.33 Å². The van der Waals surface area contributed by atoms with Crippen LogP contribution in [0.25, 0.3) is 0 Å². The molecule has 0 aliphatic heterocycles. The first kappa shape index (κ1) is 11.5. The molecule has 0 aromatic rings. The molecule has 0 bridgehead atoms. The highest BCUT2D eigenvalue weighted by atomic mass is 35.5. The Bertz CT molecular complexity index is 94.1. The molecule has 0 spiro atoms. The van der Waals surface area contributed by atoms with Gasteiger partial charge < -0.3 is 5.11 Å². The van der Waals surface area contributed by atoms with Gasteiger partial charge in [-0.2, -0.15) is 0 Å². The van der Waals surface area contributed by atoms with Crippen molar-refractivity contribution in [3.8, 4) is 0 Å². The maximum Gasteiger partial charge on any atom is 0.120 e. The van der Waals surface area contributed by atoms with Crippen LogP contribution in [-0.2, 0) is 0 Å². The van der Waals surface area contributed by atoms with Crippen LogP contribution >= 0.6 is 23.2 Å². The third-order valence-corrected chi connectivity index (χ3v) is 2.38. The van der Waals surface area contributed by atoms with Gasteiger partial charge in [-0.1, -0.05) is 26.2 Å². The van der Waals surface area contributed by atoms with E-state index in [1.54, 1.807) is 0 Å². The lowest BCUT2D eigenvalue weighted by atomic mass is 10.1. The van der Waals surface area contributed by atoms with Crippen LogP contribution in [-0.4, -0.2) is 16.0 Å². The Hall–Kier alpha value is 0.540. The lowest BCUT2D eigenvalue weighted by molar-refractivity contribution is 0.278. The summed E-state index contributed by atoms with van der Waals surface area (Å²) in [7, 11) is 0. The number of aliphatic hydroxyl groups excluding tert-OH is 1. The lowest BCUT2D eigenvalue weighted by Crippen LogP contribution is -2.14. The Morgan fingerprint density at radius 1 is 1.18 bits per heavy atom. The molecular formula is C8H16Cl2O. The molecule has 0 fully saturated rings. The summed E-state index contributed by atoms with van der Waals surface area (Å²) in [5.74, 6) is 0. The van der Waals surface area contributed by atoms with Gasteiger partial charge in [0.05, 0.1) is 0 Å². The van der Waals surface area contributed by atoms with E-state index >= 15 is 0 Å². The van der Waals surface area contributed by atoms with Gasteiger partial charge in [0.2, 0.25) is 0 Å². The van der Waals surface area contributed by atoms with E-state index in [4.69, 9.17) is 28.3 Å². The molecule has 0 heterocycles. The largest absolute Gasteiger partial charge is 0.396 e. The average Bonchev–Trinajstić information content (AvgIpc) is 1.87. The van der Waals surface area contributed by atoms with Crippen LogP contribution < -0.4 is 0 Å². The van der Waals surface area contributed by atoms with Gasteiger partial charge in [-0.3, -0.25) is 0 Å². The van der Waals surface area contributed by atoms with Crippen molar-refractivity contribution >= 4 is 23.2 Å². The number of unbranched alkanes of at least 4 members (excludes halogenated alkanes) is 2. The van der Waals surface area contributed by atoms with E-state index < -0.39 is 4.33 Å². The summed E-state index contributed by atoms with van der Waals surface area (Å²) in [6, 6.07) is 0. The standard InChI is InChI=1S/C8H16Cl2O/c1-2-3-4-5-8(9,10)6-7-11/h11H,2-7H2,1H3. The second-order valence-corrected chi connectivity index (χ2v) is 4.43. The van der Waals surface area contributed by atoms with Crippen molar-refractivity contribution < 1.29 is 5.11 Å². The maximum absolute atomic E-state index is 8.59. The Kier molecular flexibility index (Phi) is 6.40. The fourth-order valence-corrected chi connectivity index (χ4v) is 1.36. The van der Waals surface area contributed by atoms with Crippen molar-refractivity contribution in [2.75, 3.05) is 6.61 Å². The van der Waals surface area contributed by atoms with Crippen molar-refractivity contribution in [1.29, 1.82) is 0 Å². The van der Waals surface area contributed by atoms with Crippen LogP contribution in [0.1, 0.15) is 39.0 Å². The Balaban J connectivity index is 3.38. The van der Waals surface area contributed by atoms with E-state index in [2.05, 4.69) is 6.92 Å². The van der Waals surface area contributed by atoms with E-state index in [0.717, 1.165) is 19.3 Å². The van der Waals surface area contributed by atoms with Gasteiger partial charge in [-0.25, -0.2) is 0 Å². The minimum absolute atomic E-state index is 0.0686. The molecule has 11 heavy (non-hydrogen) atoms. The van der Waals surface area contributed by atoms with Crippen LogP contribution in [0.15, 0.2) is 0 Å². The van der Waals surface area contributed by atoms with Crippen molar-refractivity contribution in [3.05, 3.63) is 0 Å². The van der Waals surface area contributed by atoms with Crippen molar-refractivity contribution in [1.82, 2.24) is 0 Å². The molecule has 0 aliphatic carbocycles. The molecule has 0 aliphatic rings. The first-order valence-electron chi connectivity index (χ1n) is 4.11. The summed E-state index contributed by atoms with van der Waals surface area (Å²) in [5.41, 5.74) is 0. The molecule has 1 N–H and O–H groups in total. The molecule has 1 nitrogen and oxygen atoms in total. The normalized spacial score (nSPS) is 12.0. The molecule has 0 aromatic carbocycles. The highest BCUT2D eigenvalue weighted by molar-refractivity contribution is 6.48. The fraction of sp³-hybridized carbons (Fsp3) is 1.00. The van der Waals surface area contributed by atoms with Crippen LogP contribution in [0.4, 0.5) is 0 Å². The number of hydrogen-bond donors (Lipinski definition) is 1. The predicted molar refractivity (Wildman–Crippen MR) is 50.3 cm³/mol. The fourth-order valence-electron chi connectivity index (χ4n) is 0.922. The summed E-state index contributed by atoms with van der Waals surface area (Å²) in [5, 5.41) is 8.59. The minimum Gasteiger partial charge on any atom is -0.396 e. The van der Waals surface area contributed by atoms with E-state index in [-0.39, 0.29) is 6.61 Å². The molecule has 0 aromatic heterocycles. The number of aliphatic hydroxyl groups is 1. The molecule has 0 rings (SSSR count). The van der Waals surface area contributed by atoms with Crippen LogP contribution in [0.3, 0.4) is 0 Å². The Morgan fingerprint density at radius 2 is 1.82 bits per heavy atom. The van der Waals surface area contributed by atoms with Crippen LogP contribution in [0.2, 0.25) is 0 Å². The summed E-state index contributed by atoms with van der Waals surface area (Å²) in [4.78, 5) is 0. The minimum atomic E-state index is -0.704. The third-order valence-electron chi connectivity index (χ3n) is 1.62. The number of rotatable bonds is 6. The zero-order chi connectivity index (χ0) is 8.74. The number of alkyl halides is 2. The SMILES string of the molecule is CCCCCC(Cl)(Cl)CCO. The Labute approximate surface area is 78.7 Å². The van der Waals surface area contributed by atoms with Crippen molar-refractivity contribution in [3.63, 3.8) is 0 Å². The predicted octanol–water partition coefficient (Wildman–Crippen LogP) is 3.12. The summed E-state index contributed by atoms with van der Waals surface area (Å²) in [6.07, 6.45) is 4.63. The molecule has 0 atom stereocenters. The molecule has 0 saturated heterocycles. The number of hydrogen-bond acceptors (Lipinski definition) is 1. The van der Waals surface area contributed by atoms with Gasteiger partial charge >= 0.3 is 0 Å². The molecule has 0 unspecified atom stereocenters. The molecule has 0 radical (unpaired) electrons. The van der Waals surface area contributed by atoms with E-state index in [9.17, 15) is 0 Å². The highest BCUT2D eigenvalue weighted by Gasteiger charge is 2.21. The van der Waals surface area contributed by atoms with Gasteiger partial charge in [0.15, 0.2) is 0 Å². The second kappa shape index (κ2) is 6.10. The first-order chi connectivity index (χ1) is 5.12. The van der Waals surface area contributed by atoms with Crippen molar-refractivity contribution in [2.24, 2.45) is 0 Å². The zero-order valence-corrected chi connectivity index (χ0v) is 8.46. The summed E-state index contributed by atoms with van der Waals surface area (Å²) >= 11 is 11.8. The smallest absolute Gasteiger partial charge is 0.120 e. The zero-order valence-electron chi connectivity index (χ0n) is 6.95. The van der Waals surface area contributed by atoms with E-state index in [1.165, 1.54) is 6.42 Å². The van der Waals surface area contributed by atoms with E-state index in [0.29, 0.717) is 6.42 Å². The Morgan fingerprint density at radius 3 is 2.27 bits per heavy atom. The van der Waals surface area contributed by atoms with E-state index in [1.807, 2.05) is 0 Å². The maximum atomic E-state index is 8.59. The van der Waals surface area contributed by atoms with Crippen LogP contribution in [0.5, 0.6) is 0 Å². The third kappa shape index (κ3) is 6.92. The van der Waals surface area contributed by atoms with Crippen LogP contribution in [0, 0.1) is 0 Å².